The summed E-state index contributed by atoms with van der Waals surface area (Å²) in [7, 11) is 1.68. The number of nitrogen functional groups attached to an aromatic ring is 1. The summed E-state index contributed by atoms with van der Waals surface area (Å²) in [6.45, 7) is 4.32. The number of anilines is 3. The molecule has 4 rings (SSSR count). The van der Waals surface area contributed by atoms with Gasteiger partial charge in [-0.2, -0.15) is 10.1 Å². The molecular formula is C26H33N7O2. The van der Waals surface area contributed by atoms with Gasteiger partial charge in [0.15, 0.2) is 11.3 Å². The molecule has 0 bridgehead atoms. The van der Waals surface area contributed by atoms with E-state index in [1.54, 1.807) is 7.11 Å². The van der Waals surface area contributed by atoms with Crippen LogP contribution in [0.3, 0.4) is 0 Å². The van der Waals surface area contributed by atoms with Crippen molar-refractivity contribution in [2.75, 3.05) is 36.6 Å². The standard InChI is InChI=1S/C26H33N7O2/c1-3-4-12-28-25-24-22(30-26(27)31-25)17-33(32-24)16-20-8-5-19(14-23(20)35-2)15-29-21-9-6-18(7-10-21)11-13-34/h5-10,14,17,29,34H,3-4,11-13,15-16H2,1-2H3,(H3,27,28,30,31). The quantitative estimate of drug-likeness (QED) is 0.228. The molecule has 0 atom stereocenters. The van der Waals surface area contributed by atoms with Crippen molar-refractivity contribution < 1.29 is 9.84 Å². The van der Waals surface area contributed by atoms with E-state index >= 15 is 0 Å². The molecule has 0 aliphatic rings. The molecule has 0 aliphatic heterocycles. The third kappa shape index (κ3) is 6.19. The Bertz CT molecular complexity index is 1250. The van der Waals surface area contributed by atoms with Crippen molar-refractivity contribution in [3.8, 4) is 5.75 Å². The predicted molar refractivity (Wildman–Crippen MR) is 140 cm³/mol. The number of ether oxygens (including phenoxy) is 1. The van der Waals surface area contributed by atoms with Crippen molar-refractivity contribution in [1.29, 1.82) is 0 Å². The molecule has 0 saturated heterocycles. The van der Waals surface area contributed by atoms with Crippen LogP contribution in [0.4, 0.5) is 17.5 Å². The molecule has 35 heavy (non-hydrogen) atoms. The maximum Gasteiger partial charge on any atom is 0.222 e. The molecule has 0 aliphatic carbocycles. The largest absolute Gasteiger partial charge is 0.496 e. The Morgan fingerprint density at radius 2 is 1.86 bits per heavy atom. The lowest BCUT2D eigenvalue weighted by Gasteiger charge is -2.12. The van der Waals surface area contributed by atoms with Gasteiger partial charge in [0, 0.05) is 30.9 Å². The van der Waals surface area contributed by atoms with Crippen LogP contribution in [0.15, 0.2) is 48.7 Å². The summed E-state index contributed by atoms with van der Waals surface area (Å²) in [5.74, 6) is 1.69. The number of fused-ring (bicyclic) bond motifs is 1. The number of methoxy groups -OCH3 is 1. The van der Waals surface area contributed by atoms with Crippen molar-refractivity contribution in [3.63, 3.8) is 0 Å². The minimum absolute atomic E-state index is 0.159. The van der Waals surface area contributed by atoms with Gasteiger partial charge in [-0.25, -0.2) is 4.98 Å². The number of nitrogens with one attached hydrogen (secondary N) is 2. The van der Waals surface area contributed by atoms with Crippen LogP contribution < -0.4 is 21.1 Å². The topological polar surface area (TPSA) is 123 Å². The number of aliphatic hydroxyl groups is 1. The molecule has 0 fully saturated rings. The first-order valence-corrected chi connectivity index (χ1v) is 11.9. The van der Waals surface area contributed by atoms with E-state index in [4.69, 9.17) is 20.7 Å². The molecule has 0 radical (unpaired) electrons. The van der Waals surface area contributed by atoms with Gasteiger partial charge in [0.1, 0.15) is 11.3 Å². The van der Waals surface area contributed by atoms with Crippen LogP contribution in [0.25, 0.3) is 11.0 Å². The molecule has 9 heteroatoms. The van der Waals surface area contributed by atoms with E-state index in [0.29, 0.717) is 36.4 Å². The second-order valence-electron chi connectivity index (χ2n) is 8.44. The fourth-order valence-corrected chi connectivity index (χ4v) is 3.89. The van der Waals surface area contributed by atoms with Gasteiger partial charge in [0.2, 0.25) is 5.95 Å². The van der Waals surface area contributed by atoms with Gasteiger partial charge in [0.05, 0.1) is 19.9 Å². The van der Waals surface area contributed by atoms with Crippen LogP contribution >= 0.6 is 0 Å². The van der Waals surface area contributed by atoms with Crippen molar-refractivity contribution in [2.24, 2.45) is 0 Å². The molecule has 2 aromatic heterocycles. The molecule has 184 valence electrons. The number of nitrogens with zero attached hydrogens (tertiary/aromatic N) is 4. The summed E-state index contributed by atoms with van der Waals surface area (Å²) in [6.07, 6.45) is 4.68. The average molecular weight is 476 g/mol. The van der Waals surface area contributed by atoms with Gasteiger partial charge in [-0.15, -0.1) is 0 Å². The molecule has 5 N–H and O–H groups in total. The lowest BCUT2D eigenvalue weighted by molar-refractivity contribution is 0.299. The van der Waals surface area contributed by atoms with Crippen molar-refractivity contribution in [2.45, 2.75) is 39.3 Å². The highest BCUT2D eigenvalue weighted by molar-refractivity contribution is 5.85. The van der Waals surface area contributed by atoms with Crippen molar-refractivity contribution in [1.82, 2.24) is 19.7 Å². The third-order valence-electron chi connectivity index (χ3n) is 5.79. The second-order valence-corrected chi connectivity index (χ2v) is 8.44. The van der Waals surface area contributed by atoms with E-state index in [1.807, 2.05) is 41.2 Å². The van der Waals surface area contributed by atoms with E-state index in [2.05, 4.69) is 39.7 Å². The minimum Gasteiger partial charge on any atom is -0.496 e. The normalized spacial score (nSPS) is 11.1. The number of aliphatic hydroxyl groups excluding tert-OH is 1. The summed E-state index contributed by atoms with van der Waals surface area (Å²) in [5, 5.41) is 20.5. The first-order chi connectivity index (χ1) is 17.1. The van der Waals surface area contributed by atoms with E-state index in [9.17, 15) is 0 Å². The van der Waals surface area contributed by atoms with Crippen molar-refractivity contribution >= 4 is 28.5 Å². The smallest absolute Gasteiger partial charge is 0.222 e. The molecule has 2 heterocycles. The zero-order valence-electron chi connectivity index (χ0n) is 20.3. The van der Waals surface area contributed by atoms with Crippen molar-refractivity contribution in [3.05, 3.63) is 65.4 Å². The zero-order valence-corrected chi connectivity index (χ0v) is 20.3. The highest BCUT2D eigenvalue weighted by Gasteiger charge is 2.13. The van der Waals surface area contributed by atoms with E-state index in [-0.39, 0.29) is 12.6 Å². The van der Waals surface area contributed by atoms with Crippen LogP contribution in [0.5, 0.6) is 5.75 Å². The Kier molecular flexibility index (Phi) is 7.99. The number of rotatable bonds is 12. The first kappa shape index (κ1) is 24.3. The van der Waals surface area contributed by atoms with E-state index in [1.165, 1.54) is 0 Å². The monoisotopic (exact) mass is 475 g/mol. The Morgan fingerprint density at radius 3 is 2.60 bits per heavy atom. The molecular weight excluding hydrogens is 442 g/mol. The Balaban J connectivity index is 1.46. The minimum atomic E-state index is 0.159. The Hall–Kier alpha value is -3.85. The summed E-state index contributed by atoms with van der Waals surface area (Å²) >= 11 is 0. The Labute approximate surface area is 205 Å². The van der Waals surface area contributed by atoms with Crippen LogP contribution in [-0.4, -0.2) is 45.1 Å². The molecule has 0 amide bonds. The average Bonchev–Trinajstić information content (AvgIpc) is 3.27. The van der Waals surface area contributed by atoms with Gasteiger partial charge in [-0.3, -0.25) is 4.68 Å². The number of unbranched alkanes of at least 4 members (excludes halogenated alkanes) is 1. The fraction of sp³-hybridized carbons (Fsp3) is 0.346. The summed E-state index contributed by atoms with van der Waals surface area (Å²) in [4.78, 5) is 8.68. The van der Waals surface area contributed by atoms with Crippen LogP contribution in [0.1, 0.15) is 36.5 Å². The Morgan fingerprint density at radius 1 is 1.06 bits per heavy atom. The molecule has 0 unspecified atom stereocenters. The molecule has 9 nitrogen and oxygen atoms in total. The lowest BCUT2D eigenvalue weighted by Crippen LogP contribution is -2.07. The maximum absolute atomic E-state index is 9.06. The number of benzene rings is 2. The van der Waals surface area contributed by atoms with E-state index in [0.717, 1.165) is 47.5 Å². The van der Waals surface area contributed by atoms with Crippen LogP contribution in [0.2, 0.25) is 0 Å². The summed E-state index contributed by atoms with van der Waals surface area (Å²) in [6, 6.07) is 14.3. The molecule has 2 aromatic carbocycles. The van der Waals surface area contributed by atoms with E-state index < -0.39 is 0 Å². The number of aromatic nitrogens is 4. The number of nitrogens with two attached hydrogens (primary N) is 1. The fourth-order valence-electron chi connectivity index (χ4n) is 3.89. The molecule has 0 spiro atoms. The number of hydrogen-bond donors (Lipinski definition) is 4. The third-order valence-corrected chi connectivity index (χ3v) is 5.79. The zero-order chi connectivity index (χ0) is 24.6. The number of hydrogen-bond acceptors (Lipinski definition) is 8. The van der Waals surface area contributed by atoms with Crippen LogP contribution in [0, 0.1) is 0 Å². The van der Waals surface area contributed by atoms with Gasteiger partial charge in [0.25, 0.3) is 0 Å². The summed E-state index contributed by atoms with van der Waals surface area (Å²) in [5.41, 5.74) is 11.6. The highest BCUT2D eigenvalue weighted by Crippen LogP contribution is 2.24. The van der Waals surface area contributed by atoms with Gasteiger partial charge in [-0.1, -0.05) is 37.6 Å². The molecule has 0 saturated carbocycles. The highest BCUT2D eigenvalue weighted by atomic mass is 16.5. The molecule has 4 aromatic rings. The summed E-state index contributed by atoms with van der Waals surface area (Å²) < 4.78 is 7.52. The SMILES string of the molecule is CCCCNc1nc(N)nc2cn(Cc3ccc(CNc4ccc(CCO)cc4)cc3OC)nc12. The second kappa shape index (κ2) is 11.5. The lowest BCUT2D eigenvalue weighted by atomic mass is 10.1. The predicted octanol–water partition coefficient (Wildman–Crippen LogP) is 3.82. The maximum atomic E-state index is 9.06. The van der Waals surface area contributed by atoms with Crippen LogP contribution in [-0.2, 0) is 19.5 Å². The van der Waals surface area contributed by atoms with Gasteiger partial charge in [-0.05, 0) is 42.2 Å². The first-order valence-electron chi connectivity index (χ1n) is 11.9. The van der Waals surface area contributed by atoms with Gasteiger partial charge < -0.3 is 26.2 Å². The van der Waals surface area contributed by atoms with Gasteiger partial charge >= 0.3 is 0 Å².